The van der Waals surface area contributed by atoms with Gasteiger partial charge in [0, 0.05) is 23.9 Å². The van der Waals surface area contributed by atoms with E-state index in [1.807, 2.05) is 12.1 Å². The van der Waals surface area contributed by atoms with Gasteiger partial charge in [0.25, 0.3) is 0 Å². The number of aryl methyl sites for hydroxylation is 1. The molecule has 1 amide bonds. The van der Waals surface area contributed by atoms with Gasteiger partial charge in [0.1, 0.15) is 5.82 Å². The van der Waals surface area contributed by atoms with E-state index in [0.29, 0.717) is 17.1 Å². The molecule has 0 aliphatic rings. The van der Waals surface area contributed by atoms with Gasteiger partial charge >= 0.3 is 0 Å². The first-order valence-electron chi connectivity index (χ1n) is 7.25. The van der Waals surface area contributed by atoms with Gasteiger partial charge in [-0.15, -0.1) is 0 Å². The Hall–Kier alpha value is -2.40. The summed E-state index contributed by atoms with van der Waals surface area (Å²) in [4.78, 5) is 11.9. The van der Waals surface area contributed by atoms with Crippen molar-refractivity contribution in [3.05, 3.63) is 65.1 Å². The summed E-state index contributed by atoms with van der Waals surface area (Å²) in [7, 11) is 0. The molecule has 0 fully saturated rings. The number of hydrogen-bond acceptors (Lipinski definition) is 2. The fraction of sp³-hybridized carbons (Fsp3) is 0.176. The number of nitrogens with zero attached hydrogens (tertiary/aromatic N) is 2. The Morgan fingerprint density at radius 1 is 1.22 bits per heavy atom. The van der Waals surface area contributed by atoms with Crippen molar-refractivity contribution in [2.75, 3.05) is 0 Å². The van der Waals surface area contributed by atoms with E-state index < -0.39 is 0 Å². The Balaban J connectivity index is 1.58. The van der Waals surface area contributed by atoms with Crippen LogP contribution in [0.25, 0.3) is 10.9 Å². The topological polar surface area (TPSA) is 46.9 Å². The standard InChI is InChI=1S/C17H15ClFN3O/c18-14-5-3-7-16-13(14)11-21-22(16)9-8-17(23)20-10-12-4-1-2-6-15(12)19/h1-7,11H,8-10H2,(H,20,23). The van der Waals surface area contributed by atoms with Crippen LogP contribution in [-0.2, 0) is 17.9 Å². The first-order valence-corrected chi connectivity index (χ1v) is 7.63. The van der Waals surface area contributed by atoms with Gasteiger partial charge in [-0.05, 0) is 18.2 Å². The van der Waals surface area contributed by atoms with E-state index in [0.717, 1.165) is 10.9 Å². The van der Waals surface area contributed by atoms with E-state index in [9.17, 15) is 9.18 Å². The zero-order chi connectivity index (χ0) is 16.2. The molecule has 1 aromatic heterocycles. The molecule has 4 nitrogen and oxygen atoms in total. The van der Waals surface area contributed by atoms with E-state index in [4.69, 9.17) is 11.6 Å². The van der Waals surface area contributed by atoms with Crippen molar-refractivity contribution in [3.63, 3.8) is 0 Å². The molecule has 0 aliphatic heterocycles. The molecular formula is C17H15ClFN3O. The number of carbonyl (C=O) groups is 1. The van der Waals surface area contributed by atoms with E-state index >= 15 is 0 Å². The molecule has 0 saturated heterocycles. The largest absolute Gasteiger partial charge is 0.352 e. The van der Waals surface area contributed by atoms with Crippen LogP contribution in [0.4, 0.5) is 4.39 Å². The van der Waals surface area contributed by atoms with Gasteiger partial charge in [-0.25, -0.2) is 4.39 Å². The Bertz CT molecular complexity index is 847. The van der Waals surface area contributed by atoms with Crippen molar-refractivity contribution in [1.82, 2.24) is 15.1 Å². The molecule has 3 aromatic rings. The van der Waals surface area contributed by atoms with E-state index in [1.165, 1.54) is 6.07 Å². The molecule has 0 aliphatic carbocycles. The highest BCUT2D eigenvalue weighted by Crippen LogP contribution is 2.22. The molecule has 0 radical (unpaired) electrons. The molecule has 2 aromatic carbocycles. The molecule has 3 rings (SSSR count). The Morgan fingerprint density at radius 3 is 2.87 bits per heavy atom. The van der Waals surface area contributed by atoms with Gasteiger partial charge in [-0.2, -0.15) is 5.10 Å². The van der Waals surface area contributed by atoms with Crippen molar-refractivity contribution >= 4 is 28.4 Å². The predicted octanol–water partition coefficient (Wildman–Crippen LogP) is 3.54. The van der Waals surface area contributed by atoms with Crippen LogP contribution >= 0.6 is 11.6 Å². The minimum absolute atomic E-state index is 0.154. The van der Waals surface area contributed by atoms with Crippen molar-refractivity contribution in [3.8, 4) is 0 Å². The molecule has 6 heteroatoms. The zero-order valence-corrected chi connectivity index (χ0v) is 13.1. The minimum atomic E-state index is -0.319. The first kappa shape index (κ1) is 15.5. The highest BCUT2D eigenvalue weighted by molar-refractivity contribution is 6.35. The Kier molecular flexibility index (Phi) is 4.57. The molecule has 0 atom stereocenters. The molecule has 0 spiro atoms. The van der Waals surface area contributed by atoms with E-state index in [1.54, 1.807) is 35.1 Å². The lowest BCUT2D eigenvalue weighted by Crippen LogP contribution is -2.24. The maximum Gasteiger partial charge on any atom is 0.222 e. The molecule has 0 saturated carbocycles. The van der Waals surface area contributed by atoms with Gasteiger partial charge in [0.2, 0.25) is 5.91 Å². The normalized spacial score (nSPS) is 10.9. The molecule has 1 N–H and O–H groups in total. The molecule has 23 heavy (non-hydrogen) atoms. The fourth-order valence-corrected chi connectivity index (χ4v) is 2.60. The van der Waals surface area contributed by atoms with Crippen LogP contribution < -0.4 is 5.32 Å². The average Bonchev–Trinajstić information content (AvgIpc) is 2.97. The third kappa shape index (κ3) is 3.51. The number of halogens is 2. The summed E-state index contributed by atoms with van der Waals surface area (Å²) < 4.78 is 15.2. The average molecular weight is 332 g/mol. The maximum atomic E-state index is 13.5. The van der Waals surface area contributed by atoms with E-state index in [-0.39, 0.29) is 24.7 Å². The lowest BCUT2D eigenvalue weighted by Gasteiger charge is -2.07. The minimum Gasteiger partial charge on any atom is -0.352 e. The number of fused-ring (bicyclic) bond motifs is 1. The summed E-state index contributed by atoms with van der Waals surface area (Å²) in [6.07, 6.45) is 1.95. The highest BCUT2D eigenvalue weighted by atomic mass is 35.5. The van der Waals surface area contributed by atoms with Crippen LogP contribution in [0.2, 0.25) is 5.02 Å². The maximum absolute atomic E-state index is 13.5. The first-order chi connectivity index (χ1) is 11.1. The SMILES string of the molecule is O=C(CCn1ncc2c(Cl)cccc21)NCc1ccccc1F. The van der Waals surface area contributed by atoms with Crippen LogP contribution in [0, 0.1) is 5.82 Å². The fourth-order valence-electron chi connectivity index (χ4n) is 2.38. The van der Waals surface area contributed by atoms with Crippen LogP contribution in [0.3, 0.4) is 0 Å². The van der Waals surface area contributed by atoms with Gasteiger partial charge < -0.3 is 5.32 Å². The lowest BCUT2D eigenvalue weighted by molar-refractivity contribution is -0.121. The number of carbonyl (C=O) groups excluding carboxylic acids is 1. The summed E-state index contributed by atoms with van der Waals surface area (Å²) in [6.45, 7) is 0.615. The van der Waals surface area contributed by atoms with Crippen LogP contribution in [-0.4, -0.2) is 15.7 Å². The van der Waals surface area contributed by atoms with Crippen molar-refractivity contribution < 1.29 is 9.18 Å². The number of rotatable bonds is 5. The Labute approximate surface area is 137 Å². The number of nitrogens with one attached hydrogen (secondary N) is 1. The second kappa shape index (κ2) is 6.79. The smallest absolute Gasteiger partial charge is 0.222 e. The molecule has 1 heterocycles. The van der Waals surface area contributed by atoms with Gasteiger partial charge in [0.15, 0.2) is 0 Å². The number of hydrogen-bond donors (Lipinski definition) is 1. The highest BCUT2D eigenvalue weighted by Gasteiger charge is 2.08. The summed E-state index contributed by atoms with van der Waals surface area (Å²) in [5.41, 5.74) is 1.36. The van der Waals surface area contributed by atoms with Crippen molar-refractivity contribution in [1.29, 1.82) is 0 Å². The van der Waals surface area contributed by atoms with Crippen LogP contribution in [0.1, 0.15) is 12.0 Å². The third-order valence-corrected chi connectivity index (χ3v) is 3.95. The van der Waals surface area contributed by atoms with Crippen LogP contribution in [0.5, 0.6) is 0 Å². The zero-order valence-electron chi connectivity index (χ0n) is 12.3. The third-order valence-electron chi connectivity index (χ3n) is 3.62. The second-order valence-corrected chi connectivity index (χ2v) is 5.57. The number of benzene rings is 2. The molecule has 118 valence electrons. The summed E-state index contributed by atoms with van der Waals surface area (Å²) >= 11 is 6.10. The van der Waals surface area contributed by atoms with E-state index in [2.05, 4.69) is 10.4 Å². The number of amides is 1. The quantitative estimate of drug-likeness (QED) is 0.777. The van der Waals surface area contributed by atoms with Gasteiger partial charge in [-0.1, -0.05) is 35.9 Å². The second-order valence-electron chi connectivity index (χ2n) is 5.16. The van der Waals surface area contributed by atoms with Gasteiger partial charge in [-0.3, -0.25) is 9.48 Å². The van der Waals surface area contributed by atoms with Gasteiger partial charge in [0.05, 0.1) is 23.3 Å². The summed E-state index contributed by atoms with van der Waals surface area (Å²) in [6, 6.07) is 11.9. The van der Waals surface area contributed by atoms with Crippen LogP contribution in [0.15, 0.2) is 48.7 Å². The summed E-state index contributed by atoms with van der Waals surface area (Å²) in [5, 5.41) is 8.47. The molecule has 0 unspecified atom stereocenters. The Morgan fingerprint density at radius 2 is 2.04 bits per heavy atom. The monoisotopic (exact) mass is 331 g/mol. The summed E-state index contributed by atoms with van der Waals surface area (Å²) in [5.74, 6) is -0.473. The van der Waals surface area contributed by atoms with Crippen molar-refractivity contribution in [2.24, 2.45) is 0 Å². The molecular weight excluding hydrogens is 317 g/mol. The number of aromatic nitrogens is 2. The van der Waals surface area contributed by atoms with Crippen molar-refractivity contribution in [2.45, 2.75) is 19.5 Å². The lowest BCUT2D eigenvalue weighted by atomic mass is 10.2. The molecule has 0 bridgehead atoms. The predicted molar refractivity (Wildman–Crippen MR) is 87.6 cm³/mol.